The summed E-state index contributed by atoms with van der Waals surface area (Å²) in [6.07, 6.45) is -10.1. The first-order chi connectivity index (χ1) is 17.1. The third-order valence-electron chi connectivity index (χ3n) is 6.14. The zero-order chi connectivity index (χ0) is 28.8. The largest absolute Gasteiger partial charge is 0.426 e. The Bertz CT molecular complexity index is 1100. The third kappa shape index (κ3) is 3.75. The smallest absolute Gasteiger partial charge is 0.223 e. The Morgan fingerprint density at radius 1 is 0.395 bits per heavy atom. The van der Waals surface area contributed by atoms with E-state index in [-0.39, 0.29) is 48.5 Å². The molecule has 4 rings (SSSR count). The Balaban J connectivity index is 1.64. The lowest BCUT2D eigenvalue weighted by molar-refractivity contribution is -0.374. The molecule has 0 saturated carbocycles. The second kappa shape index (κ2) is 7.92. The number of nitrogens with one attached hydrogen (secondary N) is 4. The van der Waals surface area contributed by atoms with Crippen LogP contribution in [0.2, 0.25) is 0 Å². The van der Waals surface area contributed by atoms with E-state index in [4.69, 9.17) is 0 Å². The van der Waals surface area contributed by atoms with Gasteiger partial charge in [-0.1, -0.05) is 48.5 Å². The van der Waals surface area contributed by atoms with Crippen LogP contribution in [0.3, 0.4) is 0 Å². The molecule has 2 saturated heterocycles. The minimum atomic E-state index is -6.84. The first-order valence-electron chi connectivity index (χ1n) is 10.0. The second-order valence-electron chi connectivity index (χ2n) is 8.45. The van der Waals surface area contributed by atoms with Gasteiger partial charge in [-0.3, -0.25) is 0 Å². The van der Waals surface area contributed by atoms with Crippen LogP contribution in [0, 0.1) is 0 Å². The molecule has 210 valence electrons. The highest BCUT2D eigenvalue weighted by Gasteiger charge is 2.81. The van der Waals surface area contributed by atoms with Gasteiger partial charge in [-0.15, -0.1) is 0 Å². The SMILES string of the molecule is FC(F)(F)C1(c2ccc(C(F)(F)C(F)(F)C(F)(F)C(F)(F)c3ccc(C4(C(F)(F)F)NN4)cc3)cc2)NN1. The molecule has 0 unspecified atom stereocenters. The van der Waals surface area contributed by atoms with Crippen molar-refractivity contribution in [2.45, 2.75) is 47.4 Å². The average molecular weight is 574 g/mol. The van der Waals surface area contributed by atoms with E-state index in [0.29, 0.717) is 0 Å². The predicted octanol–water partition coefficient (Wildman–Crippen LogP) is 5.49. The van der Waals surface area contributed by atoms with Crippen LogP contribution in [0.25, 0.3) is 0 Å². The van der Waals surface area contributed by atoms with E-state index in [1.165, 1.54) is 0 Å². The molecule has 0 spiro atoms. The maximum Gasteiger partial charge on any atom is 0.426 e. The van der Waals surface area contributed by atoms with Crippen molar-refractivity contribution in [3.8, 4) is 0 Å². The second-order valence-corrected chi connectivity index (χ2v) is 8.45. The van der Waals surface area contributed by atoms with Crippen LogP contribution >= 0.6 is 0 Å². The molecule has 4 N–H and O–H groups in total. The van der Waals surface area contributed by atoms with Crippen LogP contribution in [-0.4, -0.2) is 24.2 Å². The molecule has 0 radical (unpaired) electrons. The van der Waals surface area contributed by atoms with Crippen LogP contribution in [0.4, 0.5) is 61.5 Å². The summed E-state index contributed by atoms with van der Waals surface area (Å²) in [5.74, 6) is -25.8. The van der Waals surface area contributed by atoms with Crippen molar-refractivity contribution in [2.24, 2.45) is 0 Å². The zero-order valence-corrected chi connectivity index (χ0v) is 17.9. The molecule has 2 heterocycles. The number of alkyl halides is 14. The Morgan fingerprint density at radius 2 is 0.632 bits per heavy atom. The molecule has 2 aliphatic rings. The number of benzene rings is 2. The minimum absolute atomic E-state index is 0.0619. The molecule has 0 aliphatic carbocycles. The summed E-state index contributed by atoms with van der Waals surface area (Å²) in [7, 11) is 0. The third-order valence-corrected chi connectivity index (χ3v) is 6.14. The summed E-state index contributed by atoms with van der Waals surface area (Å²) in [5, 5.41) is 0. The van der Waals surface area contributed by atoms with Crippen LogP contribution in [0.15, 0.2) is 48.5 Å². The number of rotatable bonds is 7. The molecule has 0 aromatic heterocycles. The van der Waals surface area contributed by atoms with Crippen molar-refractivity contribution >= 4 is 0 Å². The van der Waals surface area contributed by atoms with Crippen molar-refractivity contribution < 1.29 is 61.5 Å². The van der Waals surface area contributed by atoms with Crippen molar-refractivity contribution in [3.05, 3.63) is 70.8 Å². The molecule has 0 atom stereocenters. The summed E-state index contributed by atoms with van der Waals surface area (Å²) in [6, 6.07) is 0.773. The highest BCUT2D eigenvalue weighted by Crippen LogP contribution is 2.59. The number of hydrogen-bond donors (Lipinski definition) is 4. The van der Waals surface area contributed by atoms with E-state index in [1.54, 1.807) is 21.7 Å². The van der Waals surface area contributed by atoms with Crippen LogP contribution in [-0.2, 0) is 23.2 Å². The molecular formula is C20H12F14N4. The maximum absolute atomic E-state index is 14.6. The Kier molecular flexibility index (Phi) is 5.90. The van der Waals surface area contributed by atoms with Gasteiger partial charge in [-0.25, -0.2) is 21.7 Å². The van der Waals surface area contributed by atoms with Crippen molar-refractivity contribution in [2.75, 3.05) is 0 Å². The molecule has 2 aromatic rings. The molecule has 2 aliphatic heterocycles. The summed E-state index contributed by atoms with van der Waals surface area (Å²) < 4.78 is 194. The monoisotopic (exact) mass is 574 g/mol. The van der Waals surface area contributed by atoms with Gasteiger partial charge in [-0.05, 0) is 11.1 Å². The van der Waals surface area contributed by atoms with E-state index >= 15 is 0 Å². The number of hydrogen-bond acceptors (Lipinski definition) is 4. The van der Waals surface area contributed by atoms with E-state index in [9.17, 15) is 61.5 Å². The molecule has 0 bridgehead atoms. The van der Waals surface area contributed by atoms with Crippen molar-refractivity contribution in [1.82, 2.24) is 21.7 Å². The Morgan fingerprint density at radius 3 is 0.816 bits per heavy atom. The van der Waals surface area contributed by atoms with Gasteiger partial charge in [0.2, 0.25) is 11.3 Å². The highest BCUT2D eigenvalue weighted by atomic mass is 19.4. The lowest BCUT2D eigenvalue weighted by Crippen LogP contribution is -2.59. The molecule has 2 aromatic carbocycles. The van der Waals surface area contributed by atoms with E-state index in [2.05, 4.69) is 0 Å². The maximum atomic E-state index is 14.6. The van der Waals surface area contributed by atoms with Gasteiger partial charge in [0, 0.05) is 11.1 Å². The fourth-order valence-corrected chi connectivity index (χ4v) is 3.64. The van der Waals surface area contributed by atoms with Gasteiger partial charge in [0.1, 0.15) is 0 Å². The van der Waals surface area contributed by atoms with Crippen molar-refractivity contribution in [1.29, 1.82) is 0 Å². The summed E-state index contributed by atoms with van der Waals surface area (Å²) in [4.78, 5) is 0. The summed E-state index contributed by atoms with van der Waals surface area (Å²) in [5.41, 5.74) is -4.76. The molecule has 2 fully saturated rings. The van der Waals surface area contributed by atoms with Crippen molar-refractivity contribution in [3.63, 3.8) is 0 Å². The average Bonchev–Trinajstić information content (AvgIpc) is 3.71. The Hall–Kier alpha value is -2.70. The molecule has 38 heavy (non-hydrogen) atoms. The molecular weight excluding hydrogens is 562 g/mol. The number of hydrazine groups is 2. The fraction of sp³-hybridized carbons (Fsp3) is 0.400. The lowest BCUT2D eigenvalue weighted by atomic mass is 9.89. The van der Waals surface area contributed by atoms with Gasteiger partial charge in [0.25, 0.3) is 0 Å². The fourth-order valence-electron chi connectivity index (χ4n) is 3.64. The van der Waals surface area contributed by atoms with Gasteiger partial charge >= 0.3 is 36.0 Å². The van der Waals surface area contributed by atoms with Gasteiger partial charge < -0.3 is 0 Å². The quantitative estimate of drug-likeness (QED) is 0.261. The Labute approximate surface area is 202 Å². The van der Waals surface area contributed by atoms with Gasteiger partial charge in [0.05, 0.1) is 0 Å². The topological polar surface area (TPSA) is 87.8 Å². The van der Waals surface area contributed by atoms with E-state index in [1.807, 2.05) is 0 Å². The highest BCUT2D eigenvalue weighted by molar-refractivity contribution is 5.38. The molecule has 0 amide bonds. The van der Waals surface area contributed by atoms with E-state index in [0.717, 1.165) is 0 Å². The van der Waals surface area contributed by atoms with Crippen LogP contribution < -0.4 is 21.7 Å². The standard InChI is InChI=1S/C20H12F14N4/c21-13(22,9-1-5-11(6-2-9)15(35-36-15)19(29,30)31)17(25,26)18(27,28)14(23,24)10-3-7-12(8-4-10)16(37-38-16)20(32,33)34/h1-8,35-38H. The van der Waals surface area contributed by atoms with E-state index < -0.39 is 69.6 Å². The normalized spacial score (nSPS) is 19.8. The number of halogens is 14. The van der Waals surface area contributed by atoms with Crippen LogP contribution in [0.1, 0.15) is 22.3 Å². The summed E-state index contributed by atoms with van der Waals surface area (Å²) in [6.45, 7) is 0. The van der Waals surface area contributed by atoms with Gasteiger partial charge in [0.15, 0.2) is 0 Å². The summed E-state index contributed by atoms with van der Waals surface area (Å²) >= 11 is 0. The predicted molar refractivity (Wildman–Crippen MR) is 98.6 cm³/mol. The first-order valence-corrected chi connectivity index (χ1v) is 10.0. The lowest BCUT2D eigenvalue weighted by Gasteiger charge is -2.37. The molecule has 18 heteroatoms. The minimum Gasteiger partial charge on any atom is -0.223 e. The van der Waals surface area contributed by atoms with Gasteiger partial charge in [-0.2, -0.15) is 61.5 Å². The first kappa shape index (κ1) is 28.3. The zero-order valence-electron chi connectivity index (χ0n) is 17.9. The van der Waals surface area contributed by atoms with Crippen LogP contribution in [0.5, 0.6) is 0 Å². The molecule has 4 nitrogen and oxygen atoms in total.